The lowest BCUT2D eigenvalue weighted by atomic mass is 9.95. The fraction of sp³-hybridized carbons (Fsp3) is 0.400. The van der Waals surface area contributed by atoms with Crippen molar-refractivity contribution < 1.29 is 31.1 Å². The number of aryl methyl sites for hydroxylation is 1. The van der Waals surface area contributed by atoms with Crippen LogP contribution in [0.2, 0.25) is 0 Å². The van der Waals surface area contributed by atoms with Gasteiger partial charge in [-0.05, 0) is 42.7 Å². The Morgan fingerprint density at radius 1 is 0.825 bits per heavy atom. The first-order valence-electron chi connectivity index (χ1n) is 13.0. The van der Waals surface area contributed by atoms with Crippen LogP contribution in [0, 0.1) is 13.8 Å². The van der Waals surface area contributed by atoms with E-state index in [9.17, 15) is 26.3 Å². The fourth-order valence-corrected chi connectivity index (χ4v) is 5.37. The lowest BCUT2D eigenvalue weighted by Gasteiger charge is -2.51. The predicted octanol–water partition coefficient (Wildman–Crippen LogP) is 6.83. The minimum Gasteiger partial charge on any atom is -0.496 e. The van der Waals surface area contributed by atoms with Gasteiger partial charge in [-0.2, -0.15) is 26.3 Å². The van der Waals surface area contributed by atoms with Crippen LogP contribution < -0.4 is 15.0 Å². The molecular weight excluding hydrogens is 532 g/mol. The quantitative estimate of drug-likeness (QED) is 0.303. The Hall–Kier alpha value is -3.24. The standard InChI is InChI=1S/C30H33F6N3O/c1-20-10-9-14-24(21(20)2)39-27(29(31,32)33)18-38(19-28(39)30(34,35)36)25(23-13-7-8-15-26(23)40-3)17-37-16-22-11-5-4-6-12-22/h4-15,25,27-28,37H,16-19H2,1-3H3. The van der Waals surface area contributed by atoms with E-state index in [1.165, 1.54) is 24.1 Å². The van der Waals surface area contributed by atoms with Gasteiger partial charge in [0.2, 0.25) is 0 Å². The number of benzene rings is 3. The Bertz CT molecular complexity index is 1240. The van der Waals surface area contributed by atoms with Crippen LogP contribution in [0.5, 0.6) is 5.75 Å². The van der Waals surface area contributed by atoms with Crippen LogP contribution in [0.3, 0.4) is 0 Å². The van der Waals surface area contributed by atoms with Crippen molar-refractivity contribution in [1.29, 1.82) is 0 Å². The molecule has 3 unspecified atom stereocenters. The molecule has 216 valence electrons. The van der Waals surface area contributed by atoms with Gasteiger partial charge in [0.15, 0.2) is 0 Å². The van der Waals surface area contributed by atoms with Gasteiger partial charge >= 0.3 is 12.4 Å². The number of piperazine rings is 1. The van der Waals surface area contributed by atoms with Crippen LogP contribution in [0.25, 0.3) is 0 Å². The third-order valence-corrected chi connectivity index (χ3v) is 7.54. The van der Waals surface area contributed by atoms with Crippen molar-refractivity contribution in [1.82, 2.24) is 10.2 Å². The summed E-state index contributed by atoms with van der Waals surface area (Å²) in [4.78, 5) is 1.84. The highest BCUT2D eigenvalue weighted by molar-refractivity contribution is 5.59. The van der Waals surface area contributed by atoms with Crippen molar-refractivity contribution >= 4 is 5.69 Å². The van der Waals surface area contributed by atoms with E-state index in [0.29, 0.717) is 33.9 Å². The monoisotopic (exact) mass is 565 g/mol. The Balaban J connectivity index is 1.76. The summed E-state index contributed by atoms with van der Waals surface area (Å²) in [6.07, 6.45) is -9.83. The van der Waals surface area contributed by atoms with Gasteiger partial charge in [-0.15, -0.1) is 0 Å². The molecule has 3 atom stereocenters. The number of nitrogens with zero attached hydrogens (tertiary/aromatic N) is 2. The zero-order valence-corrected chi connectivity index (χ0v) is 22.6. The molecule has 0 saturated carbocycles. The first-order valence-corrected chi connectivity index (χ1v) is 13.0. The van der Waals surface area contributed by atoms with Crippen LogP contribution >= 0.6 is 0 Å². The van der Waals surface area contributed by atoms with E-state index in [-0.39, 0.29) is 12.2 Å². The molecule has 3 aromatic rings. The van der Waals surface area contributed by atoms with E-state index in [2.05, 4.69) is 5.32 Å². The average Bonchev–Trinajstić information content (AvgIpc) is 2.92. The van der Waals surface area contributed by atoms with Gasteiger partial charge in [-0.1, -0.05) is 60.7 Å². The molecule has 1 aliphatic heterocycles. The lowest BCUT2D eigenvalue weighted by Crippen LogP contribution is -2.68. The van der Waals surface area contributed by atoms with E-state index in [1.54, 1.807) is 44.2 Å². The van der Waals surface area contributed by atoms with Gasteiger partial charge in [0.25, 0.3) is 0 Å². The maximum atomic E-state index is 14.7. The van der Waals surface area contributed by atoms with Gasteiger partial charge in [0, 0.05) is 37.4 Å². The van der Waals surface area contributed by atoms with E-state index in [1.807, 2.05) is 30.3 Å². The summed E-state index contributed by atoms with van der Waals surface area (Å²) < 4.78 is 93.4. The van der Waals surface area contributed by atoms with Crippen LogP contribution in [0.15, 0.2) is 72.8 Å². The Kier molecular flexibility index (Phi) is 8.99. The van der Waals surface area contributed by atoms with E-state index < -0.39 is 43.6 Å². The van der Waals surface area contributed by atoms with Crippen LogP contribution in [0.1, 0.15) is 28.3 Å². The maximum Gasteiger partial charge on any atom is 0.410 e. The van der Waals surface area contributed by atoms with Crippen molar-refractivity contribution in [2.75, 3.05) is 31.6 Å². The van der Waals surface area contributed by atoms with Gasteiger partial charge in [-0.25, -0.2) is 0 Å². The topological polar surface area (TPSA) is 27.7 Å². The van der Waals surface area contributed by atoms with Crippen molar-refractivity contribution in [3.63, 3.8) is 0 Å². The third-order valence-electron chi connectivity index (χ3n) is 7.54. The van der Waals surface area contributed by atoms with Crippen molar-refractivity contribution in [3.8, 4) is 5.75 Å². The van der Waals surface area contributed by atoms with Gasteiger partial charge in [-0.3, -0.25) is 4.90 Å². The Labute approximate surface area is 230 Å². The number of ether oxygens (including phenoxy) is 1. The van der Waals surface area contributed by atoms with Gasteiger partial charge < -0.3 is 15.0 Å². The number of para-hydroxylation sites is 1. The number of halogens is 6. The summed E-state index contributed by atoms with van der Waals surface area (Å²) in [5.41, 5.74) is 2.43. The molecule has 10 heteroatoms. The molecular formula is C30H33F6N3O. The SMILES string of the molecule is COc1ccccc1C(CNCc1ccccc1)N1CC(C(F)(F)F)N(c2cccc(C)c2C)C(C(F)(F)F)C1. The molecule has 40 heavy (non-hydrogen) atoms. The zero-order chi connectivity index (χ0) is 29.1. The Morgan fingerprint density at radius 3 is 2.02 bits per heavy atom. The molecule has 3 aromatic carbocycles. The van der Waals surface area contributed by atoms with Crippen LogP contribution in [0.4, 0.5) is 32.0 Å². The molecule has 0 amide bonds. The summed E-state index contributed by atoms with van der Waals surface area (Å²) in [6.45, 7) is 2.48. The first-order chi connectivity index (χ1) is 18.9. The van der Waals surface area contributed by atoms with Crippen LogP contribution in [-0.2, 0) is 6.54 Å². The molecule has 0 bridgehead atoms. The number of alkyl halides is 6. The molecule has 0 aromatic heterocycles. The van der Waals surface area contributed by atoms with E-state index in [4.69, 9.17) is 4.74 Å². The number of anilines is 1. The maximum absolute atomic E-state index is 14.7. The second-order valence-corrected chi connectivity index (χ2v) is 10.1. The van der Waals surface area contributed by atoms with Crippen molar-refractivity contribution in [3.05, 3.63) is 95.1 Å². The van der Waals surface area contributed by atoms with Crippen molar-refractivity contribution in [2.24, 2.45) is 0 Å². The number of rotatable bonds is 8. The highest BCUT2D eigenvalue weighted by atomic mass is 19.4. The Morgan fingerprint density at radius 2 is 1.43 bits per heavy atom. The van der Waals surface area contributed by atoms with E-state index >= 15 is 0 Å². The molecule has 1 saturated heterocycles. The van der Waals surface area contributed by atoms with Gasteiger partial charge in [0.05, 0.1) is 13.2 Å². The molecule has 0 spiro atoms. The molecule has 4 nitrogen and oxygen atoms in total. The van der Waals surface area contributed by atoms with E-state index in [0.717, 1.165) is 5.56 Å². The zero-order valence-electron chi connectivity index (χ0n) is 22.6. The molecule has 4 rings (SSSR count). The first kappa shape index (κ1) is 29.7. The molecule has 1 aliphatic rings. The third kappa shape index (κ3) is 6.55. The molecule has 0 aliphatic carbocycles. The fourth-order valence-electron chi connectivity index (χ4n) is 5.37. The molecule has 1 fully saturated rings. The highest BCUT2D eigenvalue weighted by Gasteiger charge is 2.57. The number of methoxy groups -OCH3 is 1. The molecule has 1 heterocycles. The normalized spacial score (nSPS) is 19.5. The summed E-state index contributed by atoms with van der Waals surface area (Å²) in [5, 5.41) is 3.24. The minimum absolute atomic E-state index is 0.0552. The number of hydrogen-bond donors (Lipinski definition) is 1. The lowest BCUT2D eigenvalue weighted by molar-refractivity contribution is -0.193. The summed E-state index contributed by atoms with van der Waals surface area (Å²) in [6, 6.07) is 15.1. The number of hydrogen-bond acceptors (Lipinski definition) is 4. The second kappa shape index (κ2) is 12.1. The second-order valence-electron chi connectivity index (χ2n) is 10.1. The smallest absolute Gasteiger partial charge is 0.410 e. The highest BCUT2D eigenvalue weighted by Crippen LogP contribution is 2.43. The molecule has 0 radical (unpaired) electrons. The summed E-state index contributed by atoms with van der Waals surface area (Å²) >= 11 is 0. The summed E-state index contributed by atoms with van der Waals surface area (Å²) in [7, 11) is 1.43. The predicted molar refractivity (Wildman–Crippen MR) is 144 cm³/mol. The van der Waals surface area contributed by atoms with Crippen LogP contribution in [-0.4, -0.2) is 56.1 Å². The largest absolute Gasteiger partial charge is 0.496 e. The average molecular weight is 566 g/mol. The molecule has 1 N–H and O–H groups in total. The van der Waals surface area contributed by atoms with Crippen molar-refractivity contribution in [2.45, 2.75) is 50.9 Å². The minimum atomic E-state index is -4.92. The summed E-state index contributed by atoms with van der Waals surface area (Å²) in [5.74, 6) is 0.401. The van der Waals surface area contributed by atoms with Gasteiger partial charge in [0.1, 0.15) is 17.8 Å². The number of nitrogens with one attached hydrogen (secondary N) is 1.